The van der Waals surface area contributed by atoms with E-state index in [4.69, 9.17) is 9.47 Å². The van der Waals surface area contributed by atoms with Crippen molar-refractivity contribution in [1.29, 1.82) is 0 Å². The van der Waals surface area contributed by atoms with Crippen molar-refractivity contribution < 1.29 is 14.6 Å². The molecule has 0 saturated carbocycles. The van der Waals surface area contributed by atoms with Gasteiger partial charge < -0.3 is 14.6 Å². The number of aliphatic hydroxyl groups excluding tert-OH is 1. The minimum Gasteiger partial charge on any atom is -0.373 e. The molecule has 4 atom stereocenters. The fourth-order valence-corrected chi connectivity index (χ4v) is 5.16. The summed E-state index contributed by atoms with van der Waals surface area (Å²) in [5, 5.41) is 10.2. The molecule has 0 aliphatic carbocycles. The van der Waals surface area contributed by atoms with E-state index in [1.165, 1.54) is 95.5 Å². The predicted octanol–water partition coefficient (Wildman–Crippen LogP) is 8.58. The second kappa shape index (κ2) is 18.4. The molecule has 1 unspecified atom stereocenters. The van der Waals surface area contributed by atoms with Crippen LogP contribution in [-0.4, -0.2) is 23.6 Å². The molecule has 3 heteroatoms. The van der Waals surface area contributed by atoms with Crippen molar-refractivity contribution in [3.8, 4) is 0 Å². The lowest BCUT2D eigenvalue weighted by molar-refractivity contribution is -0.108. The molecule has 0 aromatic heterocycles. The van der Waals surface area contributed by atoms with Crippen molar-refractivity contribution in [1.82, 2.24) is 0 Å². The van der Waals surface area contributed by atoms with Crippen molar-refractivity contribution in [3.63, 3.8) is 0 Å². The Morgan fingerprint density at radius 1 is 0.848 bits per heavy atom. The lowest BCUT2D eigenvalue weighted by Gasteiger charge is -2.25. The van der Waals surface area contributed by atoms with E-state index in [9.17, 15) is 5.11 Å². The Labute approximate surface area is 204 Å². The van der Waals surface area contributed by atoms with Crippen LogP contribution in [0, 0.1) is 5.92 Å². The van der Waals surface area contributed by atoms with Crippen LogP contribution >= 0.6 is 0 Å². The highest BCUT2D eigenvalue weighted by Gasteiger charge is 2.35. The maximum absolute atomic E-state index is 10.2. The smallest absolute Gasteiger partial charge is 0.155 e. The van der Waals surface area contributed by atoms with Crippen LogP contribution in [0.15, 0.2) is 30.3 Å². The summed E-state index contributed by atoms with van der Waals surface area (Å²) >= 11 is 0. The summed E-state index contributed by atoms with van der Waals surface area (Å²) in [6, 6.07) is 10.5. The first-order chi connectivity index (χ1) is 16.2. The van der Waals surface area contributed by atoms with E-state index in [0.717, 1.165) is 19.3 Å². The lowest BCUT2D eigenvalue weighted by Crippen LogP contribution is -2.26. The second-order valence-corrected chi connectivity index (χ2v) is 10.2. The van der Waals surface area contributed by atoms with Crippen LogP contribution in [0.5, 0.6) is 0 Å². The Kier molecular flexibility index (Phi) is 15.8. The molecular formula is C30H52O3. The van der Waals surface area contributed by atoms with Gasteiger partial charge in [-0.1, -0.05) is 128 Å². The summed E-state index contributed by atoms with van der Waals surface area (Å²) < 4.78 is 12.4. The highest BCUT2D eigenvalue weighted by atomic mass is 16.6. The predicted molar refractivity (Wildman–Crippen MR) is 139 cm³/mol. The molecule has 1 aliphatic rings. The van der Waals surface area contributed by atoms with Crippen LogP contribution < -0.4 is 0 Å². The summed E-state index contributed by atoms with van der Waals surface area (Å²) in [5.74, 6) is 0.475. The molecule has 1 N–H and O–H groups in total. The van der Waals surface area contributed by atoms with Gasteiger partial charge in [-0.15, -0.1) is 0 Å². The molecule has 0 radical (unpaired) electrons. The highest BCUT2D eigenvalue weighted by Crippen LogP contribution is 2.34. The Morgan fingerprint density at radius 2 is 1.45 bits per heavy atom. The average Bonchev–Trinajstić information content (AvgIpc) is 3.18. The third-order valence-corrected chi connectivity index (χ3v) is 7.24. The Morgan fingerprint density at radius 3 is 2.12 bits per heavy atom. The largest absolute Gasteiger partial charge is 0.373 e. The zero-order valence-corrected chi connectivity index (χ0v) is 21.7. The lowest BCUT2D eigenvalue weighted by atomic mass is 9.90. The molecule has 1 saturated heterocycles. The van der Waals surface area contributed by atoms with Crippen molar-refractivity contribution in [2.75, 3.05) is 0 Å². The van der Waals surface area contributed by atoms with Crippen molar-refractivity contribution in [3.05, 3.63) is 35.9 Å². The normalized spacial score (nSPS) is 21.5. The number of rotatable bonds is 20. The molecule has 0 amide bonds. The first kappa shape index (κ1) is 28.3. The molecule has 1 aliphatic heterocycles. The maximum Gasteiger partial charge on any atom is 0.155 e. The molecule has 1 fully saturated rings. The van der Waals surface area contributed by atoms with Gasteiger partial charge in [0.05, 0.1) is 18.8 Å². The van der Waals surface area contributed by atoms with E-state index in [1.54, 1.807) is 0 Å². The number of aliphatic hydroxyl groups is 1. The van der Waals surface area contributed by atoms with E-state index < -0.39 is 6.29 Å². The van der Waals surface area contributed by atoms with Gasteiger partial charge >= 0.3 is 0 Å². The number of hydrogen-bond acceptors (Lipinski definition) is 3. The quantitative estimate of drug-likeness (QED) is 0.198. The van der Waals surface area contributed by atoms with Crippen molar-refractivity contribution in [2.45, 2.75) is 148 Å². The molecule has 0 spiro atoms. The Balaban J connectivity index is 1.77. The van der Waals surface area contributed by atoms with Gasteiger partial charge in [-0.2, -0.15) is 0 Å². The first-order valence-corrected chi connectivity index (χ1v) is 14.2. The number of unbranched alkanes of at least 4 members (excludes halogenated alkanes) is 11. The Bertz CT molecular complexity index is 561. The zero-order chi connectivity index (χ0) is 23.6. The summed E-state index contributed by atoms with van der Waals surface area (Å²) in [5.41, 5.74) is 1.23. The first-order valence-electron chi connectivity index (χ1n) is 14.2. The van der Waals surface area contributed by atoms with Crippen LogP contribution in [0.1, 0.15) is 129 Å². The number of benzene rings is 1. The minimum absolute atomic E-state index is 0.140. The van der Waals surface area contributed by atoms with E-state index in [2.05, 4.69) is 44.2 Å². The molecule has 0 bridgehead atoms. The topological polar surface area (TPSA) is 38.7 Å². The molecule has 1 aromatic rings. The Hall–Kier alpha value is -0.900. The third-order valence-electron chi connectivity index (χ3n) is 7.24. The maximum atomic E-state index is 10.2. The van der Waals surface area contributed by atoms with Gasteiger partial charge in [0.25, 0.3) is 0 Å². The number of hydrogen-bond donors (Lipinski definition) is 1. The van der Waals surface area contributed by atoms with Gasteiger partial charge in [-0.05, 0) is 24.3 Å². The van der Waals surface area contributed by atoms with Crippen molar-refractivity contribution >= 4 is 0 Å². The van der Waals surface area contributed by atoms with E-state index >= 15 is 0 Å². The van der Waals surface area contributed by atoms with Crippen LogP contribution in [0.2, 0.25) is 0 Å². The summed E-state index contributed by atoms with van der Waals surface area (Å²) in [7, 11) is 0. The van der Waals surface area contributed by atoms with Gasteiger partial charge in [0, 0.05) is 12.8 Å². The minimum atomic E-state index is -0.589. The summed E-state index contributed by atoms with van der Waals surface area (Å²) in [6.45, 7) is 5.20. The van der Waals surface area contributed by atoms with E-state index in [-0.39, 0.29) is 12.2 Å². The number of ether oxygens (including phenoxy) is 2. The fraction of sp³-hybridized carbons (Fsp3) is 0.800. The molecule has 2 rings (SSSR count). The molecule has 190 valence electrons. The zero-order valence-electron chi connectivity index (χ0n) is 21.7. The summed E-state index contributed by atoms with van der Waals surface area (Å²) in [6.07, 6.45) is 21.0. The monoisotopic (exact) mass is 460 g/mol. The fourth-order valence-electron chi connectivity index (χ4n) is 5.16. The molecule has 3 nitrogen and oxygen atoms in total. The van der Waals surface area contributed by atoms with Crippen molar-refractivity contribution in [2.24, 2.45) is 5.92 Å². The van der Waals surface area contributed by atoms with Crippen LogP contribution in [0.4, 0.5) is 0 Å². The van der Waals surface area contributed by atoms with Gasteiger partial charge in [-0.3, -0.25) is 0 Å². The van der Waals surface area contributed by atoms with E-state index in [1.807, 2.05) is 0 Å². The molecular weight excluding hydrogens is 408 g/mol. The van der Waals surface area contributed by atoms with Gasteiger partial charge in [0.15, 0.2) is 6.29 Å². The highest BCUT2D eigenvalue weighted by molar-refractivity contribution is 5.13. The standard InChI is InChI=1S/C30H52O3/c1-3-5-7-9-10-11-12-13-18-22-28(32-25-26-19-15-14-16-20-26)24-29-27(23-30(31)33-29)21-17-8-6-4-2/h14-16,19-20,27-31H,3-13,17-18,21-25H2,1-2H3/t27-,28-,29+,30?/m1/s1. The molecule has 33 heavy (non-hydrogen) atoms. The van der Waals surface area contributed by atoms with Gasteiger partial charge in [-0.25, -0.2) is 0 Å². The average molecular weight is 461 g/mol. The van der Waals surface area contributed by atoms with Crippen LogP contribution in [-0.2, 0) is 16.1 Å². The SMILES string of the molecule is CCCCCCCCCCC[C@H](C[C@@H]1OC(O)C[C@H]1CCCCCC)OCc1ccccc1. The van der Waals surface area contributed by atoms with Gasteiger partial charge in [0.2, 0.25) is 0 Å². The third kappa shape index (κ3) is 12.9. The van der Waals surface area contributed by atoms with Crippen LogP contribution in [0.25, 0.3) is 0 Å². The summed E-state index contributed by atoms with van der Waals surface area (Å²) in [4.78, 5) is 0. The second-order valence-electron chi connectivity index (χ2n) is 10.2. The van der Waals surface area contributed by atoms with E-state index in [0.29, 0.717) is 12.5 Å². The van der Waals surface area contributed by atoms with Gasteiger partial charge in [0.1, 0.15) is 0 Å². The van der Waals surface area contributed by atoms with Crippen LogP contribution in [0.3, 0.4) is 0 Å². The molecule has 1 heterocycles. The molecule has 1 aromatic carbocycles.